The van der Waals surface area contributed by atoms with Crippen LogP contribution < -0.4 is 0 Å². The number of carbonyl (C=O) groups excluding carboxylic acids is 2. The third-order valence-electron chi connectivity index (χ3n) is 10.9. The second-order valence-corrected chi connectivity index (χ2v) is 17.8. The van der Waals surface area contributed by atoms with E-state index in [0.29, 0.717) is 5.12 Å². The molecule has 0 aliphatic rings. The topological polar surface area (TPSA) is 66.8 Å². The van der Waals surface area contributed by atoms with E-state index in [4.69, 9.17) is 4.74 Å². The van der Waals surface area contributed by atoms with Gasteiger partial charge in [-0.2, -0.15) is 0 Å². The maximum absolute atomic E-state index is 13.3. The summed E-state index contributed by atoms with van der Waals surface area (Å²) in [6, 6.07) is 0. The molecule has 0 fully saturated rings. The standard InChI is InChI=1S/C46H91NO4S/c1-6-9-12-15-18-26-33-42-52-44(49)36-29-22-19-24-31-38-47(40-41-48)39-32-25-23-30-37-46(4,5)45(50)51-43(34-27-20-16-13-10-7-2)35-28-21-17-14-11-8-3/h43,48H,6-42H2,1-5H3. The maximum Gasteiger partial charge on any atom is 0.311 e. The zero-order chi connectivity index (χ0) is 38.4. The van der Waals surface area contributed by atoms with Gasteiger partial charge < -0.3 is 14.7 Å². The van der Waals surface area contributed by atoms with Crippen LogP contribution in [-0.4, -0.2) is 59.2 Å². The molecule has 310 valence electrons. The van der Waals surface area contributed by atoms with Crippen LogP contribution in [0.4, 0.5) is 0 Å². The van der Waals surface area contributed by atoms with Gasteiger partial charge in [-0.1, -0.05) is 174 Å². The lowest BCUT2D eigenvalue weighted by atomic mass is 9.86. The molecule has 0 aliphatic heterocycles. The van der Waals surface area contributed by atoms with E-state index >= 15 is 0 Å². The maximum atomic E-state index is 13.3. The number of esters is 1. The lowest BCUT2D eigenvalue weighted by Gasteiger charge is -2.27. The highest BCUT2D eigenvalue weighted by atomic mass is 32.2. The highest BCUT2D eigenvalue weighted by Gasteiger charge is 2.30. The minimum absolute atomic E-state index is 0.00729. The van der Waals surface area contributed by atoms with Crippen LogP contribution in [-0.2, 0) is 14.3 Å². The number of thioether (sulfide) groups is 1. The number of hydrogen-bond acceptors (Lipinski definition) is 6. The van der Waals surface area contributed by atoms with Crippen LogP contribution in [0.5, 0.6) is 0 Å². The fourth-order valence-corrected chi connectivity index (χ4v) is 8.03. The van der Waals surface area contributed by atoms with E-state index in [-0.39, 0.29) is 18.7 Å². The number of unbranched alkanes of at least 4 members (excludes halogenated alkanes) is 23. The van der Waals surface area contributed by atoms with Crippen molar-refractivity contribution in [3.05, 3.63) is 0 Å². The molecule has 0 aliphatic carbocycles. The minimum Gasteiger partial charge on any atom is -0.462 e. The number of carbonyl (C=O) groups is 2. The molecule has 5 nitrogen and oxygen atoms in total. The van der Waals surface area contributed by atoms with Crippen LogP contribution in [0.25, 0.3) is 0 Å². The molecule has 52 heavy (non-hydrogen) atoms. The third kappa shape index (κ3) is 33.9. The Balaban J connectivity index is 4.18. The SMILES string of the molecule is CCCCCCCCCSC(=O)CCCCCCCN(CCO)CCCCCCC(C)(C)C(=O)OC(CCCCCCCC)CCCCCCCC. The van der Waals surface area contributed by atoms with Crippen LogP contribution in [0.1, 0.15) is 240 Å². The average Bonchev–Trinajstić information content (AvgIpc) is 3.12. The molecule has 0 radical (unpaired) electrons. The fraction of sp³-hybridized carbons (Fsp3) is 0.957. The Morgan fingerprint density at radius 2 is 0.981 bits per heavy atom. The van der Waals surface area contributed by atoms with Gasteiger partial charge in [0.1, 0.15) is 6.10 Å². The third-order valence-corrected chi connectivity index (χ3v) is 11.9. The van der Waals surface area contributed by atoms with Crippen LogP contribution in [0.15, 0.2) is 0 Å². The van der Waals surface area contributed by atoms with E-state index in [9.17, 15) is 14.7 Å². The monoisotopic (exact) mass is 754 g/mol. The molecule has 0 heterocycles. The van der Waals surface area contributed by atoms with Gasteiger partial charge in [0.2, 0.25) is 0 Å². The van der Waals surface area contributed by atoms with Crippen molar-refractivity contribution in [2.24, 2.45) is 5.41 Å². The van der Waals surface area contributed by atoms with Gasteiger partial charge in [0, 0.05) is 18.7 Å². The molecule has 0 unspecified atom stereocenters. The number of nitrogens with zero attached hydrogens (tertiary/aromatic N) is 1. The van der Waals surface area contributed by atoms with Gasteiger partial charge in [0.15, 0.2) is 5.12 Å². The van der Waals surface area contributed by atoms with Gasteiger partial charge in [-0.25, -0.2) is 0 Å². The van der Waals surface area contributed by atoms with Crippen LogP contribution >= 0.6 is 11.8 Å². The smallest absolute Gasteiger partial charge is 0.311 e. The van der Waals surface area contributed by atoms with Crippen LogP contribution in [0.2, 0.25) is 0 Å². The molecule has 0 saturated carbocycles. The molecule has 0 amide bonds. The lowest BCUT2D eigenvalue weighted by Crippen LogP contribution is -2.31. The fourth-order valence-electron chi connectivity index (χ4n) is 7.16. The summed E-state index contributed by atoms with van der Waals surface area (Å²) in [5.74, 6) is 1.01. The van der Waals surface area contributed by atoms with E-state index in [2.05, 4.69) is 39.5 Å². The first kappa shape index (κ1) is 51.4. The van der Waals surface area contributed by atoms with Crippen molar-refractivity contribution in [3.8, 4) is 0 Å². The Morgan fingerprint density at radius 3 is 1.48 bits per heavy atom. The highest BCUT2D eigenvalue weighted by Crippen LogP contribution is 2.28. The molecule has 0 atom stereocenters. The first-order valence-corrected chi connectivity index (χ1v) is 24.0. The second-order valence-electron chi connectivity index (χ2n) is 16.6. The summed E-state index contributed by atoms with van der Waals surface area (Å²) in [6.45, 7) is 14.0. The Hall–Kier alpha value is -0.590. The Bertz CT molecular complexity index is 759. The zero-order valence-electron chi connectivity index (χ0n) is 35.8. The van der Waals surface area contributed by atoms with Crippen molar-refractivity contribution in [2.45, 2.75) is 246 Å². The number of aliphatic hydroxyl groups is 1. The first-order valence-electron chi connectivity index (χ1n) is 23.0. The normalized spacial score (nSPS) is 12.0. The van der Waals surface area contributed by atoms with Crippen molar-refractivity contribution < 1.29 is 19.4 Å². The van der Waals surface area contributed by atoms with Crippen LogP contribution in [0.3, 0.4) is 0 Å². The summed E-state index contributed by atoms with van der Waals surface area (Å²) in [7, 11) is 0. The number of ether oxygens (including phenoxy) is 1. The minimum atomic E-state index is -0.428. The predicted molar refractivity (Wildman–Crippen MR) is 229 cm³/mol. The van der Waals surface area contributed by atoms with Gasteiger partial charge in [-0.3, -0.25) is 9.59 Å². The summed E-state index contributed by atoms with van der Waals surface area (Å²) in [6.07, 6.45) is 38.4. The molecule has 0 aromatic carbocycles. The zero-order valence-corrected chi connectivity index (χ0v) is 36.6. The summed E-state index contributed by atoms with van der Waals surface area (Å²) in [5.41, 5.74) is -0.428. The molecule has 6 heteroatoms. The lowest BCUT2D eigenvalue weighted by molar-refractivity contribution is -0.161. The summed E-state index contributed by atoms with van der Waals surface area (Å²) in [4.78, 5) is 27.9. The van der Waals surface area contributed by atoms with Gasteiger partial charge >= 0.3 is 5.97 Å². The molecular formula is C46H91NO4S. The van der Waals surface area contributed by atoms with E-state index in [1.165, 1.54) is 135 Å². The summed E-state index contributed by atoms with van der Waals surface area (Å²) < 4.78 is 6.23. The van der Waals surface area contributed by atoms with Crippen LogP contribution in [0, 0.1) is 5.41 Å². The number of hydrogen-bond donors (Lipinski definition) is 1. The van der Waals surface area contributed by atoms with E-state index in [1.807, 2.05) is 0 Å². The van der Waals surface area contributed by atoms with Gasteiger partial charge in [0.25, 0.3) is 0 Å². The molecular weight excluding hydrogens is 663 g/mol. The summed E-state index contributed by atoms with van der Waals surface area (Å²) in [5, 5.41) is 9.99. The molecule has 0 aromatic heterocycles. The van der Waals surface area contributed by atoms with Crippen molar-refractivity contribution >= 4 is 22.8 Å². The van der Waals surface area contributed by atoms with Gasteiger partial charge in [-0.05, 0) is 84.7 Å². The Morgan fingerprint density at radius 1 is 0.558 bits per heavy atom. The number of aliphatic hydroxyl groups excluding tert-OH is 1. The molecule has 0 spiro atoms. The van der Waals surface area contributed by atoms with E-state index in [1.54, 1.807) is 11.8 Å². The second kappa shape index (κ2) is 38.7. The molecule has 0 saturated heterocycles. The average molecular weight is 754 g/mol. The summed E-state index contributed by atoms with van der Waals surface area (Å²) >= 11 is 1.56. The van der Waals surface area contributed by atoms with E-state index in [0.717, 1.165) is 96.0 Å². The largest absolute Gasteiger partial charge is 0.462 e. The van der Waals surface area contributed by atoms with Crippen molar-refractivity contribution in [3.63, 3.8) is 0 Å². The molecule has 0 aromatic rings. The molecule has 1 N–H and O–H groups in total. The predicted octanol–water partition coefficient (Wildman–Crippen LogP) is 14.0. The first-order chi connectivity index (χ1) is 25.3. The Kier molecular flexibility index (Phi) is 38.2. The Labute approximate surface area is 329 Å². The van der Waals surface area contributed by atoms with Crippen molar-refractivity contribution in [1.29, 1.82) is 0 Å². The van der Waals surface area contributed by atoms with E-state index < -0.39 is 5.41 Å². The van der Waals surface area contributed by atoms with Crippen molar-refractivity contribution in [2.75, 3.05) is 32.0 Å². The molecule has 0 rings (SSSR count). The van der Waals surface area contributed by atoms with Gasteiger partial charge in [0.05, 0.1) is 12.0 Å². The number of rotatable bonds is 41. The van der Waals surface area contributed by atoms with Gasteiger partial charge in [-0.15, -0.1) is 0 Å². The quantitative estimate of drug-likeness (QED) is 0.0495. The van der Waals surface area contributed by atoms with Crippen molar-refractivity contribution in [1.82, 2.24) is 4.90 Å². The molecule has 0 bridgehead atoms. The highest BCUT2D eigenvalue weighted by molar-refractivity contribution is 8.13.